The van der Waals surface area contributed by atoms with Crippen LogP contribution in [-0.4, -0.2) is 59.4 Å². The molecule has 1 aliphatic rings. The van der Waals surface area contributed by atoms with Gasteiger partial charge in [0.05, 0.1) is 6.61 Å². The first kappa shape index (κ1) is 24.7. The van der Waals surface area contributed by atoms with E-state index in [1.54, 1.807) is 6.07 Å². The number of rotatable bonds is 8. The van der Waals surface area contributed by atoms with Crippen LogP contribution in [0.1, 0.15) is 17.6 Å². The molecule has 14 nitrogen and oxygen atoms in total. The van der Waals surface area contributed by atoms with Crippen LogP contribution in [0.3, 0.4) is 0 Å². The Kier molecular flexibility index (Phi) is 7.32. The molecule has 1 aromatic heterocycles. The summed E-state index contributed by atoms with van der Waals surface area (Å²) in [6.07, 6.45) is -4.76. The maximum absolute atomic E-state index is 12.4. The molecule has 3 rings (SSSR count). The van der Waals surface area contributed by atoms with E-state index in [1.165, 1.54) is 36.5 Å². The van der Waals surface area contributed by atoms with Crippen molar-refractivity contribution in [3.8, 4) is 0 Å². The van der Waals surface area contributed by atoms with Crippen molar-refractivity contribution in [1.29, 1.82) is 0 Å². The number of aromatic nitrogens is 2. The molecule has 0 saturated carbocycles. The molecule has 1 saturated heterocycles. The summed E-state index contributed by atoms with van der Waals surface area (Å²) in [5.41, 5.74) is 4.59. The fraction of sp³-hybridized carbons (Fsp3) is 0.375. The summed E-state index contributed by atoms with van der Waals surface area (Å²) < 4.78 is 35.4. The Hall–Kier alpha value is -1.96. The first-order chi connectivity index (χ1) is 14.9. The number of aliphatic hydroxyl groups excluding tert-OH is 2. The average molecular weight is 492 g/mol. The normalized spacial score (nSPS) is 26.5. The molecule has 1 fully saturated rings. The van der Waals surface area contributed by atoms with Crippen molar-refractivity contribution in [2.24, 2.45) is 0 Å². The molecule has 0 amide bonds. The minimum Gasteiger partial charge on any atom is -0.387 e. The van der Waals surface area contributed by atoms with Gasteiger partial charge in [-0.25, -0.2) is 14.4 Å². The van der Waals surface area contributed by atoms with Gasteiger partial charge >= 0.3 is 21.0 Å². The average Bonchev–Trinajstić information content (AvgIpc) is 2.99. The third-order valence-corrected chi connectivity index (χ3v) is 7.00. The van der Waals surface area contributed by atoms with Crippen LogP contribution in [0, 0.1) is 0 Å². The summed E-state index contributed by atoms with van der Waals surface area (Å²) in [6.45, 7) is -0.755. The zero-order valence-electron chi connectivity index (χ0n) is 16.3. The number of hydrogen-bond donors (Lipinski definition) is 7. The Morgan fingerprint density at radius 3 is 2.41 bits per heavy atom. The molecule has 1 aromatic carbocycles. The topological polar surface area (TPSA) is 227 Å². The Morgan fingerprint density at radius 2 is 1.81 bits per heavy atom. The standard InChI is InChI=1S/C16H22N4O10P2/c17-11-6-7-20(16(23)18-11)15-13(22)12(21)10(30-15)8-29-32(27,28)19-14(31(24,25)26)9-4-2-1-3-5-9/h1-7,10,12-15,21-22H,8H2,(H2,17,18,23)(H2,19,27,28)(H2,24,25,26)/t10-,12-,13-,14-,15?/m1/s1. The summed E-state index contributed by atoms with van der Waals surface area (Å²) in [7, 11) is -9.75. The zero-order valence-corrected chi connectivity index (χ0v) is 18.1. The number of anilines is 1. The van der Waals surface area contributed by atoms with E-state index in [-0.39, 0.29) is 11.4 Å². The molecule has 2 heterocycles. The van der Waals surface area contributed by atoms with E-state index < -0.39 is 58.0 Å². The summed E-state index contributed by atoms with van der Waals surface area (Å²) in [6, 6.07) is 8.53. The smallest absolute Gasteiger partial charge is 0.387 e. The fourth-order valence-corrected chi connectivity index (χ4v) is 5.54. The van der Waals surface area contributed by atoms with Crippen LogP contribution < -0.4 is 16.5 Å². The number of nitrogens with two attached hydrogens (primary N) is 1. The maximum Gasteiger partial charge on any atom is 0.404 e. The van der Waals surface area contributed by atoms with Crippen LogP contribution in [0.4, 0.5) is 5.82 Å². The molecule has 0 radical (unpaired) electrons. The number of benzene rings is 1. The second-order valence-electron chi connectivity index (χ2n) is 6.94. The van der Waals surface area contributed by atoms with E-state index in [1.807, 2.05) is 5.09 Å². The van der Waals surface area contributed by atoms with Gasteiger partial charge in [0.2, 0.25) is 0 Å². The highest BCUT2D eigenvalue weighted by molar-refractivity contribution is 7.55. The van der Waals surface area contributed by atoms with Crippen molar-refractivity contribution >= 4 is 21.2 Å². The molecule has 0 aliphatic carbocycles. The van der Waals surface area contributed by atoms with Gasteiger partial charge in [-0.15, -0.1) is 0 Å². The molecule has 2 unspecified atom stereocenters. The van der Waals surface area contributed by atoms with E-state index in [0.717, 1.165) is 4.57 Å². The van der Waals surface area contributed by atoms with Crippen molar-refractivity contribution in [3.05, 3.63) is 58.6 Å². The van der Waals surface area contributed by atoms with Crippen LogP contribution in [0.15, 0.2) is 47.4 Å². The zero-order chi connectivity index (χ0) is 23.7. The minimum atomic E-state index is -4.92. The predicted molar refractivity (Wildman–Crippen MR) is 109 cm³/mol. The predicted octanol–water partition coefficient (Wildman–Crippen LogP) is -0.972. The van der Waals surface area contributed by atoms with E-state index in [4.69, 9.17) is 15.0 Å². The molecule has 176 valence electrons. The quantitative estimate of drug-likeness (QED) is 0.220. The maximum atomic E-state index is 12.4. The first-order valence-electron chi connectivity index (χ1n) is 9.10. The summed E-state index contributed by atoms with van der Waals surface area (Å²) >= 11 is 0. The van der Waals surface area contributed by atoms with E-state index in [9.17, 15) is 38.8 Å². The fourth-order valence-electron chi connectivity index (χ4n) is 3.06. The molecule has 6 atom stereocenters. The van der Waals surface area contributed by atoms with Gasteiger partial charge in [0.15, 0.2) is 6.23 Å². The molecule has 32 heavy (non-hydrogen) atoms. The lowest BCUT2D eigenvalue weighted by Gasteiger charge is -2.24. The van der Waals surface area contributed by atoms with Crippen LogP contribution in [0.25, 0.3) is 0 Å². The lowest BCUT2D eigenvalue weighted by Crippen LogP contribution is -2.36. The second kappa shape index (κ2) is 9.49. The van der Waals surface area contributed by atoms with E-state index in [2.05, 4.69) is 4.98 Å². The van der Waals surface area contributed by atoms with Gasteiger partial charge in [-0.1, -0.05) is 30.3 Å². The van der Waals surface area contributed by atoms with Crippen LogP contribution in [-0.2, 0) is 18.4 Å². The third-order valence-electron chi connectivity index (χ3n) is 4.61. The number of ether oxygens (including phenoxy) is 1. The van der Waals surface area contributed by atoms with Crippen LogP contribution >= 0.6 is 15.3 Å². The lowest BCUT2D eigenvalue weighted by molar-refractivity contribution is -0.0527. The van der Waals surface area contributed by atoms with Crippen molar-refractivity contribution < 1.29 is 43.3 Å². The monoisotopic (exact) mass is 492 g/mol. The highest BCUT2D eigenvalue weighted by Gasteiger charge is 2.45. The highest BCUT2D eigenvalue weighted by atomic mass is 31.2. The number of hydrogen-bond acceptors (Lipinski definition) is 9. The number of nitrogens with zero attached hydrogens (tertiary/aromatic N) is 2. The van der Waals surface area contributed by atoms with Gasteiger partial charge in [-0.2, -0.15) is 4.98 Å². The van der Waals surface area contributed by atoms with Gasteiger partial charge in [0, 0.05) is 6.20 Å². The van der Waals surface area contributed by atoms with Crippen molar-refractivity contribution in [3.63, 3.8) is 0 Å². The van der Waals surface area contributed by atoms with Crippen molar-refractivity contribution in [2.75, 3.05) is 12.3 Å². The van der Waals surface area contributed by atoms with Gasteiger partial charge in [0.1, 0.15) is 29.9 Å². The molecule has 0 spiro atoms. The molecule has 2 aromatic rings. The minimum absolute atomic E-state index is 0.0431. The van der Waals surface area contributed by atoms with Crippen molar-refractivity contribution in [1.82, 2.24) is 14.6 Å². The summed E-state index contributed by atoms with van der Waals surface area (Å²) in [5, 5.41) is 22.3. The largest absolute Gasteiger partial charge is 0.404 e. The van der Waals surface area contributed by atoms with Gasteiger partial charge in [-0.3, -0.25) is 13.7 Å². The van der Waals surface area contributed by atoms with Crippen LogP contribution in [0.5, 0.6) is 0 Å². The lowest BCUT2D eigenvalue weighted by atomic mass is 10.1. The molecular weight excluding hydrogens is 470 g/mol. The van der Waals surface area contributed by atoms with Gasteiger partial charge < -0.3 is 35.4 Å². The SMILES string of the molecule is Nc1ccn(C2O[C@H](COP(=O)(O)N[C@@H](c3ccccc3)P(=O)(O)O)[C@@H](O)[C@H]2O)c(=O)n1. The molecule has 0 bridgehead atoms. The summed E-state index contributed by atoms with van der Waals surface area (Å²) in [5.74, 6) is -1.91. The molecule has 8 N–H and O–H groups in total. The molecule has 1 aliphatic heterocycles. The molecule has 16 heteroatoms. The highest BCUT2D eigenvalue weighted by Crippen LogP contribution is 2.55. The third kappa shape index (κ3) is 5.69. The summed E-state index contributed by atoms with van der Waals surface area (Å²) in [4.78, 5) is 44.7. The molecular formula is C16H22N4O10P2. The van der Waals surface area contributed by atoms with E-state index >= 15 is 0 Å². The second-order valence-corrected chi connectivity index (χ2v) is 10.2. The Labute approximate surface area is 181 Å². The number of aliphatic hydroxyl groups is 2. The Bertz CT molecular complexity index is 1090. The van der Waals surface area contributed by atoms with Crippen molar-refractivity contribution in [2.45, 2.75) is 30.3 Å². The number of nitrogen functional groups attached to an aromatic ring is 1. The van der Waals surface area contributed by atoms with E-state index in [0.29, 0.717) is 0 Å². The van der Waals surface area contributed by atoms with Crippen LogP contribution in [0.2, 0.25) is 0 Å². The Balaban J connectivity index is 1.70. The van der Waals surface area contributed by atoms with Gasteiger partial charge in [0.25, 0.3) is 0 Å². The first-order valence-corrected chi connectivity index (χ1v) is 12.4. The van der Waals surface area contributed by atoms with Gasteiger partial charge in [-0.05, 0) is 11.6 Å². The Morgan fingerprint density at radius 1 is 1.16 bits per heavy atom. The number of nitrogens with one attached hydrogen (secondary N) is 1.